The van der Waals surface area contributed by atoms with E-state index in [0.29, 0.717) is 34.1 Å². The van der Waals surface area contributed by atoms with Crippen LogP contribution in [0.4, 0.5) is 17.1 Å². The van der Waals surface area contributed by atoms with Crippen molar-refractivity contribution in [1.29, 1.82) is 5.26 Å². The number of methoxy groups -OCH3 is 1. The monoisotopic (exact) mass is 568 g/mol. The lowest BCUT2D eigenvalue weighted by Gasteiger charge is -2.38. The number of nitrogens with zero attached hydrogens (tertiary/aromatic N) is 5. The fourth-order valence-corrected chi connectivity index (χ4v) is 4.94. The first-order valence-corrected chi connectivity index (χ1v) is 14.1. The molecule has 1 heterocycles. The van der Waals surface area contributed by atoms with Crippen LogP contribution in [0, 0.1) is 11.3 Å². The molecule has 2 fully saturated rings. The molecule has 0 aromatic heterocycles. The van der Waals surface area contributed by atoms with Crippen LogP contribution in [0.3, 0.4) is 0 Å². The number of piperidine rings is 1. The molecule has 0 radical (unpaired) electrons. The second kappa shape index (κ2) is 16.0. The van der Waals surface area contributed by atoms with Crippen LogP contribution >= 0.6 is 11.6 Å². The molecule has 1 saturated heterocycles. The Morgan fingerprint density at radius 3 is 2.60 bits per heavy atom. The third-order valence-electron chi connectivity index (χ3n) is 7.31. The number of aliphatic imine (C=N–C) groups is 2. The van der Waals surface area contributed by atoms with Gasteiger partial charge < -0.3 is 30.5 Å². The zero-order valence-corrected chi connectivity index (χ0v) is 24.5. The predicted octanol–water partition coefficient (Wildman–Crippen LogP) is 4.42. The number of ether oxygens (including phenoxy) is 1. The van der Waals surface area contributed by atoms with Crippen molar-refractivity contribution >= 4 is 46.7 Å². The molecule has 2 aliphatic rings. The Bertz CT molecular complexity index is 1150. The fraction of sp³-hybridized carbons (Fsp3) is 0.517. The Morgan fingerprint density at radius 1 is 1.27 bits per heavy atom. The maximum absolute atomic E-state index is 12.3. The molecular weight excluding hydrogens is 528 g/mol. The molecule has 3 N–H and O–H groups in total. The number of hydrogen-bond acceptors (Lipinski definition) is 7. The Balaban J connectivity index is 1.73. The summed E-state index contributed by atoms with van der Waals surface area (Å²) in [5, 5.41) is 19.3. The topological polar surface area (TPSA) is 117 Å². The van der Waals surface area contributed by atoms with E-state index in [4.69, 9.17) is 16.3 Å². The van der Waals surface area contributed by atoms with Crippen molar-refractivity contribution in [3.8, 4) is 6.07 Å². The van der Waals surface area contributed by atoms with E-state index in [1.807, 2.05) is 6.07 Å². The van der Waals surface area contributed by atoms with Gasteiger partial charge in [0.25, 0.3) is 0 Å². The average molecular weight is 569 g/mol. The SMILES string of the molecule is C=CC(=O)Nc1cc(N2CCC(N(C)CCCOC)CC2)c(Cl)cc1NC(/N=C\C(C#N)=C\NC1CCC1)=N/C. The lowest BCUT2D eigenvalue weighted by atomic mass is 9.93. The molecule has 40 heavy (non-hydrogen) atoms. The summed E-state index contributed by atoms with van der Waals surface area (Å²) in [5.41, 5.74) is 2.30. The summed E-state index contributed by atoms with van der Waals surface area (Å²) in [6.45, 7) is 7.05. The van der Waals surface area contributed by atoms with E-state index >= 15 is 0 Å². The molecule has 10 nitrogen and oxygen atoms in total. The van der Waals surface area contributed by atoms with E-state index in [-0.39, 0.29) is 11.9 Å². The van der Waals surface area contributed by atoms with E-state index in [1.54, 1.807) is 26.4 Å². The van der Waals surface area contributed by atoms with Crippen LogP contribution in [0.2, 0.25) is 5.02 Å². The third kappa shape index (κ3) is 9.08. The molecule has 1 aromatic rings. The molecular formula is C29H41ClN8O2. The number of carbonyl (C=O) groups is 1. The van der Waals surface area contributed by atoms with Crippen LogP contribution in [0.25, 0.3) is 0 Å². The Labute approximate surface area is 242 Å². The molecule has 0 atom stereocenters. The average Bonchev–Trinajstić information content (AvgIpc) is 2.94. The molecule has 11 heteroatoms. The van der Waals surface area contributed by atoms with E-state index in [2.05, 4.69) is 55.4 Å². The number of benzene rings is 1. The molecule has 1 amide bonds. The Hall–Kier alpha value is -3.39. The number of rotatable bonds is 12. The predicted molar refractivity (Wildman–Crippen MR) is 165 cm³/mol. The largest absolute Gasteiger partial charge is 0.387 e. The molecule has 1 aliphatic carbocycles. The van der Waals surface area contributed by atoms with Gasteiger partial charge in [-0.3, -0.25) is 9.79 Å². The molecule has 1 aliphatic heterocycles. The first-order chi connectivity index (χ1) is 19.4. The van der Waals surface area contributed by atoms with Crippen LogP contribution < -0.4 is 20.9 Å². The van der Waals surface area contributed by atoms with Crippen molar-refractivity contribution in [3.63, 3.8) is 0 Å². The number of guanidine groups is 1. The van der Waals surface area contributed by atoms with Crippen LogP contribution in [0.5, 0.6) is 0 Å². The minimum absolute atomic E-state index is 0.264. The van der Waals surface area contributed by atoms with Gasteiger partial charge in [0.15, 0.2) is 0 Å². The van der Waals surface area contributed by atoms with Crippen molar-refractivity contribution < 1.29 is 9.53 Å². The summed E-state index contributed by atoms with van der Waals surface area (Å²) in [5.74, 6) is -0.0805. The molecule has 216 valence electrons. The zero-order valence-electron chi connectivity index (χ0n) is 23.8. The molecule has 1 aromatic carbocycles. The summed E-state index contributed by atoms with van der Waals surface area (Å²) < 4.78 is 5.18. The lowest BCUT2D eigenvalue weighted by Crippen LogP contribution is -2.44. The van der Waals surface area contributed by atoms with Crippen LogP contribution in [0.15, 0.2) is 46.5 Å². The van der Waals surface area contributed by atoms with Gasteiger partial charge in [0.1, 0.15) is 6.07 Å². The van der Waals surface area contributed by atoms with Gasteiger partial charge in [-0.25, -0.2) is 4.99 Å². The first-order valence-electron chi connectivity index (χ1n) is 13.7. The van der Waals surface area contributed by atoms with Crippen LogP contribution in [0.1, 0.15) is 38.5 Å². The highest BCUT2D eigenvalue weighted by molar-refractivity contribution is 6.34. The zero-order chi connectivity index (χ0) is 28.9. The number of hydrogen-bond donors (Lipinski definition) is 3. The number of halogens is 1. The fourth-order valence-electron chi connectivity index (χ4n) is 4.66. The van der Waals surface area contributed by atoms with Gasteiger partial charge in [0.05, 0.1) is 33.9 Å². The second-order valence-electron chi connectivity index (χ2n) is 10.0. The number of carbonyl (C=O) groups excluding carboxylic acids is 1. The molecule has 0 spiro atoms. The number of nitriles is 1. The molecule has 1 saturated carbocycles. The first kappa shape index (κ1) is 31.1. The van der Waals surface area contributed by atoms with Crippen molar-refractivity contribution in [1.82, 2.24) is 10.2 Å². The summed E-state index contributed by atoms with van der Waals surface area (Å²) in [6.07, 6.45) is 10.8. The van der Waals surface area contributed by atoms with Crippen LogP contribution in [-0.4, -0.2) is 82.5 Å². The van der Waals surface area contributed by atoms with Crippen molar-refractivity contribution in [2.75, 3.05) is 63.0 Å². The standard InChI is InChI=1S/C29H41ClN8O2/c1-5-28(39)35-26-17-27(38-13-10-23(11-14-38)37(3)12-7-15-40-4)24(30)16-25(26)36-29(32-2)34-20-21(18-31)19-33-22-8-6-9-22/h5,16-17,19-20,22-23,33H,1,6-15H2,2-4H3,(H,32,36)(H,35,39)/b21-19+,34-20-. The van der Waals surface area contributed by atoms with Gasteiger partial charge >= 0.3 is 0 Å². The Morgan fingerprint density at radius 2 is 2.00 bits per heavy atom. The quantitative estimate of drug-likeness (QED) is 0.112. The number of nitrogens with one attached hydrogen (secondary N) is 3. The maximum Gasteiger partial charge on any atom is 0.247 e. The number of anilines is 3. The van der Waals surface area contributed by atoms with Gasteiger partial charge in [-0.15, -0.1) is 0 Å². The van der Waals surface area contributed by atoms with Gasteiger partial charge in [-0.05, 0) is 63.8 Å². The van der Waals surface area contributed by atoms with E-state index in [0.717, 1.165) is 64.0 Å². The Kier molecular flexibility index (Phi) is 12.5. The minimum atomic E-state index is -0.344. The van der Waals surface area contributed by atoms with Gasteiger partial charge in [0, 0.05) is 58.7 Å². The highest BCUT2D eigenvalue weighted by Gasteiger charge is 2.25. The summed E-state index contributed by atoms with van der Waals surface area (Å²) >= 11 is 6.78. The molecule has 0 unspecified atom stereocenters. The summed E-state index contributed by atoms with van der Waals surface area (Å²) in [4.78, 5) is 25.5. The van der Waals surface area contributed by atoms with Crippen LogP contribution in [-0.2, 0) is 9.53 Å². The minimum Gasteiger partial charge on any atom is -0.387 e. The molecule has 0 bridgehead atoms. The third-order valence-corrected chi connectivity index (χ3v) is 7.61. The number of allylic oxidation sites excluding steroid dienone is 1. The van der Waals surface area contributed by atoms with Gasteiger partial charge in [0.2, 0.25) is 11.9 Å². The molecule has 3 rings (SSSR count). The lowest BCUT2D eigenvalue weighted by molar-refractivity contribution is -0.111. The second-order valence-corrected chi connectivity index (χ2v) is 10.4. The van der Waals surface area contributed by atoms with E-state index in [1.165, 1.54) is 18.7 Å². The number of amides is 1. The summed E-state index contributed by atoms with van der Waals surface area (Å²) in [6, 6.07) is 6.69. The maximum atomic E-state index is 12.3. The van der Waals surface area contributed by atoms with Crippen molar-refractivity contribution in [2.45, 2.75) is 50.6 Å². The van der Waals surface area contributed by atoms with Crippen molar-refractivity contribution in [2.24, 2.45) is 9.98 Å². The van der Waals surface area contributed by atoms with E-state index < -0.39 is 0 Å². The smallest absolute Gasteiger partial charge is 0.247 e. The summed E-state index contributed by atoms with van der Waals surface area (Å²) in [7, 11) is 5.49. The van der Waals surface area contributed by atoms with Gasteiger partial charge in [-0.1, -0.05) is 18.2 Å². The van der Waals surface area contributed by atoms with Gasteiger partial charge in [-0.2, -0.15) is 5.26 Å². The normalized spacial score (nSPS) is 17.1. The highest BCUT2D eigenvalue weighted by Crippen LogP contribution is 2.37. The van der Waals surface area contributed by atoms with Crippen molar-refractivity contribution in [3.05, 3.63) is 41.6 Å². The van der Waals surface area contributed by atoms with E-state index in [9.17, 15) is 10.1 Å². The highest BCUT2D eigenvalue weighted by atomic mass is 35.5.